The van der Waals surface area contributed by atoms with Gasteiger partial charge in [0.1, 0.15) is 0 Å². The van der Waals surface area contributed by atoms with Crippen molar-refractivity contribution >= 4 is 5.69 Å². The molecule has 2 nitrogen and oxygen atoms in total. The van der Waals surface area contributed by atoms with Crippen molar-refractivity contribution in [2.45, 2.75) is 26.5 Å². The lowest BCUT2D eigenvalue weighted by Gasteiger charge is -2.11. The van der Waals surface area contributed by atoms with E-state index < -0.39 is 18.2 Å². The average Bonchev–Trinajstić information content (AvgIpc) is 2.47. The average molecular weight is 295 g/mol. The van der Waals surface area contributed by atoms with Gasteiger partial charge in [-0.2, -0.15) is 8.78 Å². The molecular weight excluding hydrogens is 279 g/mol. The summed E-state index contributed by atoms with van der Waals surface area (Å²) in [5.74, 6) is -1.27. The van der Waals surface area contributed by atoms with Gasteiger partial charge in [0, 0.05) is 18.3 Å². The minimum Gasteiger partial charge on any atom is -0.432 e. The van der Waals surface area contributed by atoms with E-state index in [-0.39, 0.29) is 0 Å². The fraction of sp³-hybridized carbons (Fsp3) is 0.250. The number of hydrogen-bond acceptors (Lipinski definition) is 2. The van der Waals surface area contributed by atoms with Crippen LogP contribution in [0.15, 0.2) is 42.5 Å². The van der Waals surface area contributed by atoms with Gasteiger partial charge >= 0.3 is 6.61 Å². The third-order valence-electron chi connectivity index (χ3n) is 3.13. The van der Waals surface area contributed by atoms with Crippen LogP contribution in [0.3, 0.4) is 0 Å². The van der Waals surface area contributed by atoms with Crippen LogP contribution in [0.5, 0.6) is 5.75 Å². The van der Waals surface area contributed by atoms with Crippen molar-refractivity contribution in [3.05, 3.63) is 59.4 Å². The fourth-order valence-corrected chi connectivity index (χ4v) is 2.07. The zero-order valence-electron chi connectivity index (χ0n) is 11.6. The molecule has 112 valence electrons. The topological polar surface area (TPSA) is 21.3 Å². The molecule has 2 aromatic carbocycles. The second kappa shape index (κ2) is 7.02. The summed E-state index contributed by atoms with van der Waals surface area (Å²) < 4.78 is 41.7. The monoisotopic (exact) mass is 295 g/mol. The summed E-state index contributed by atoms with van der Waals surface area (Å²) in [5.41, 5.74) is 2.84. The quantitative estimate of drug-likeness (QED) is 0.841. The Kier molecular flexibility index (Phi) is 5.09. The van der Waals surface area contributed by atoms with E-state index >= 15 is 0 Å². The SMILES string of the molecule is CCc1ccccc1CNc1ccc(OC(F)F)c(F)c1. The second-order valence-corrected chi connectivity index (χ2v) is 4.50. The molecule has 0 aliphatic heterocycles. The Morgan fingerprint density at radius 2 is 1.81 bits per heavy atom. The number of halogens is 3. The molecule has 0 aliphatic carbocycles. The van der Waals surface area contributed by atoms with E-state index in [9.17, 15) is 13.2 Å². The largest absolute Gasteiger partial charge is 0.432 e. The Hall–Kier alpha value is -2.17. The first-order valence-electron chi connectivity index (χ1n) is 6.65. The number of nitrogens with one attached hydrogen (secondary N) is 1. The van der Waals surface area contributed by atoms with Crippen LogP contribution >= 0.6 is 0 Å². The molecular formula is C16H16F3NO. The van der Waals surface area contributed by atoms with E-state index in [1.165, 1.54) is 17.7 Å². The van der Waals surface area contributed by atoms with Gasteiger partial charge in [0.25, 0.3) is 0 Å². The summed E-state index contributed by atoms with van der Waals surface area (Å²) in [6.45, 7) is -0.428. The summed E-state index contributed by atoms with van der Waals surface area (Å²) in [4.78, 5) is 0. The lowest BCUT2D eigenvalue weighted by molar-refractivity contribution is -0.0521. The van der Waals surface area contributed by atoms with Crippen LogP contribution in [0.25, 0.3) is 0 Å². The predicted octanol–water partition coefficient (Wildman–Crippen LogP) is 4.60. The van der Waals surface area contributed by atoms with E-state index in [2.05, 4.69) is 17.0 Å². The van der Waals surface area contributed by atoms with Gasteiger partial charge in [-0.1, -0.05) is 31.2 Å². The van der Waals surface area contributed by atoms with Crippen LogP contribution in [0.2, 0.25) is 0 Å². The lowest BCUT2D eigenvalue weighted by atomic mass is 10.1. The molecule has 0 aromatic heterocycles. The first-order valence-corrected chi connectivity index (χ1v) is 6.65. The van der Waals surface area contributed by atoms with Crippen LogP contribution in [0.4, 0.5) is 18.9 Å². The van der Waals surface area contributed by atoms with Gasteiger partial charge in [0.15, 0.2) is 11.6 Å². The molecule has 2 rings (SSSR count). The Morgan fingerprint density at radius 1 is 1.10 bits per heavy atom. The molecule has 0 radical (unpaired) electrons. The standard InChI is InChI=1S/C16H16F3NO/c1-2-11-5-3-4-6-12(11)10-20-13-7-8-15(14(17)9-13)21-16(18)19/h3-9,16,20H,2,10H2,1H3. The minimum atomic E-state index is -3.03. The van der Waals surface area contributed by atoms with Crippen LogP contribution in [0, 0.1) is 5.82 Å². The maximum Gasteiger partial charge on any atom is 0.387 e. The van der Waals surface area contributed by atoms with Crippen molar-refractivity contribution < 1.29 is 17.9 Å². The first kappa shape index (κ1) is 15.2. The zero-order chi connectivity index (χ0) is 15.2. The summed E-state index contributed by atoms with van der Waals surface area (Å²) >= 11 is 0. The maximum atomic E-state index is 13.6. The molecule has 21 heavy (non-hydrogen) atoms. The summed E-state index contributed by atoms with van der Waals surface area (Å²) in [5, 5.41) is 3.07. The molecule has 0 atom stereocenters. The maximum absolute atomic E-state index is 13.6. The molecule has 0 fully saturated rings. The molecule has 2 aromatic rings. The summed E-state index contributed by atoms with van der Waals surface area (Å²) in [6, 6.07) is 11.8. The van der Waals surface area contributed by atoms with Gasteiger partial charge < -0.3 is 10.1 Å². The first-order chi connectivity index (χ1) is 10.1. The number of anilines is 1. The highest BCUT2D eigenvalue weighted by molar-refractivity contribution is 5.48. The number of alkyl halides is 2. The van der Waals surface area contributed by atoms with E-state index in [0.717, 1.165) is 18.1 Å². The van der Waals surface area contributed by atoms with Crippen molar-refractivity contribution in [1.82, 2.24) is 0 Å². The highest BCUT2D eigenvalue weighted by Crippen LogP contribution is 2.23. The van der Waals surface area contributed by atoms with Gasteiger partial charge in [-0.05, 0) is 29.7 Å². The highest BCUT2D eigenvalue weighted by atomic mass is 19.3. The van der Waals surface area contributed by atoms with Gasteiger partial charge in [0.05, 0.1) is 0 Å². The van der Waals surface area contributed by atoms with Gasteiger partial charge in [-0.25, -0.2) is 4.39 Å². The summed E-state index contributed by atoms with van der Waals surface area (Å²) in [6.07, 6.45) is 0.910. The molecule has 0 amide bonds. The second-order valence-electron chi connectivity index (χ2n) is 4.50. The number of hydrogen-bond donors (Lipinski definition) is 1. The van der Waals surface area contributed by atoms with Gasteiger partial charge in [-0.15, -0.1) is 0 Å². The normalized spacial score (nSPS) is 10.7. The third-order valence-corrected chi connectivity index (χ3v) is 3.13. The van der Waals surface area contributed by atoms with E-state index in [0.29, 0.717) is 12.2 Å². The number of ether oxygens (including phenoxy) is 1. The number of aryl methyl sites for hydroxylation is 1. The van der Waals surface area contributed by atoms with Crippen LogP contribution in [0.1, 0.15) is 18.1 Å². The molecule has 0 saturated heterocycles. The summed E-state index contributed by atoms with van der Waals surface area (Å²) in [7, 11) is 0. The lowest BCUT2D eigenvalue weighted by Crippen LogP contribution is -2.05. The van der Waals surface area contributed by atoms with E-state index in [1.807, 2.05) is 24.3 Å². The number of benzene rings is 2. The Labute approximate surface area is 121 Å². The van der Waals surface area contributed by atoms with Crippen LogP contribution < -0.4 is 10.1 Å². The number of rotatable bonds is 6. The van der Waals surface area contributed by atoms with Crippen LogP contribution in [-0.2, 0) is 13.0 Å². The predicted molar refractivity (Wildman–Crippen MR) is 76.2 cm³/mol. The molecule has 0 saturated carbocycles. The smallest absolute Gasteiger partial charge is 0.387 e. The molecule has 5 heteroatoms. The van der Waals surface area contributed by atoms with Crippen molar-refractivity contribution in [3.8, 4) is 5.75 Å². The van der Waals surface area contributed by atoms with Gasteiger partial charge in [-0.3, -0.25) is 0 Å². The third kappa shape index (κ3) is 4.15. The molecule has 0 bridgehead atoms. The zero-order valence-corrected chi connectivity index (χ0v) is 11.6. The van der Waals surface area contributed by atoms with Crippen molar-refractivity contribution in [2.75, 3.05) is 5.32 Å². The van der Waals surface area contributed by atoms with Crippen molar-refractivity contribution in [3.63, 3.8) is 0 Å². The van der Waals surface area contributed by atoms with Crippen molar-refractivity contribution in [1.29, 1.82) is 0 Å². The fourth-order valence-electron chi connectivity index (χ4n) is 2.07. The van der Waals surface area contributed by atoms with Crippen LogP contribution in [-0.4, -0.2) is 6.61 Å². The highest BCUT2D eigenvalue weighted by Gasteiger charge is 2.10. The Bertz CT molecular complexity index is 602. The molecule has 0 aliphatic rings. The van der Waals surface area contributed by atoms with Gasteiger partial charge in [0.2, 0.25) is 0 Å². The molecule has 0 spiro atoms. The molecule has 0 heterocycles. The molecule has 1 N–H and O–H groups in total. The minimum absolute atomic E-state index is 0.454. The Morgan fingerprint density at radius 3 is 2.43 bits per heavy atom. The van der Waals surface area contributed by atoms with E-state index in [1.54, 1.807) is 0 Å². The van der Waals surface area contributed by atoms with E-state index in [4.69, 9.17) is 0 Å². The Balaban J connectivity index is 2.05. The molecule has 0 unspecified atom stereocenters. The van der Waals surface area contributed by atoms with Crippen molar-refractivity contribution in [2.24, 2.45) is 0 Å².